The molecule has 2 amide bonds. The molecule has 1 heterocycles. The molecule has 20 heavy (non-hydrogen) atoms. The number of benzene rings is 1. The van der Waals surface area contributed by atoms with Gasteiger partial charge in [0.1, 0.15) is 0 Å². The van der Waals surface area contributed by atoms with Gasteiger partial charge < -0.3 is 15.4 Å². The monoisotopic (exact) mass is 276 g/mol. The lowest BCUT2D eigenvalue weighted by molar-refractivity contribution is 0.0671. The van der Waals surface area contributed by atoms with Crippen LogP contribution in [0.25, 0.3) is 0 Å². The molecule has 0 radical (unpaired) electrons. The minimum absolute atomic E-state index is 0.131. The van der Waals surface area contributed by atoms with E-state index in [9.17, 15) is 4.79 Å². The third-order valence-corrected chi connectivity index (χ3v) is 3.73. The fourth-order valence-corrected chi connectivity index (χ4v) is 2.31. The molecule has 2 rings (SSSR count). The van der Waals surface area contributed by atoms with Crippen LogP contribution in [-0.4, -0.2) is 25.8 Å². The standard InChI is InChI=1S/C16H24N2O2/c1-12(2)14-3-5-15(6-4-14)18-16(19)17-11-13-7-9-20-10-8-13/h3-6,12-13H,7-11H2,1-2H3,(H2,17,18,19). The molecule has 2 N–H and O–H groups in total. The van der Waals surface area contributed by atoms with Crippen LogP contribution in [0, 0.1) is 5.92 Å². The van der Waals surface area contributed by atoms with Crippen molar-refractivity contribution in [2.75, 3.05) is 25.1 Å². The van der Waals surface area contributed by atoms with Crippen molar-refractivity contribution in [3.8, 4) is 0 Å². The van der Waals surface area contributed by atoms with Crippen LogP contribution in [0.3, 0.4) is 0 Å². The summed E-state index contributed by atoms with van der Waals surface area (Å²) in [5.41, 5.74) is 2.11. The minimum atomic E-state index is -0.131. The summed E-state index contributed by atoms with van der Waals surface area (Å²) in [6, 6.07) is 7.87. The number of hydrogen-bond donors (Lipinski definition) is 2. The van der Waals surface area contributed by atoms with E-state index in [1.165, 1.54) is 5.56 Å². The molecule has 1 aromatic carbocycles. The zero-order chi connectivity index (χ0) is 14.4. The Labute approximate surface area is 120 Å². The first-order chi connectivity index (χ1) is 9.65. The highest BCUT2D eigenvalue weighted by molar-refractivity contribution is 5.89. The Bertz CT molecular complexity index is 423. The van der Waals surface area contributed by atoms with Crippen LogP contribution in [0.15, 0.2) is 24.3 Å². The molecule has 1 aliphatic rings. The van der Waals surface area contributed by atoms with Crippen molar-refractivity contribution in [3.05, 3.63) is 29.8 Å². The number of amides is 2. The number of ether oxygens (including phenoxy) is 1. The van der Waals surface area contributed by atoms with Crippen LogP contribution in [0.5, 0.6) is 0 Å². The molecular formula is C16H24N2O2. The normalized spacial score (nSPS) is 16.1. The zero-order valence-electron chi connectivity index (χ0n) is 12.3. The lowest BCUT2D eigenvalue weighted by Crippen LogP contribution is -2.35. The lowest BCUT2D eigenvalue weighted by Gasteiger charge is -2.22. The molecular weight excluding hydrogens is 252 g/mol. The van der Waals surface area contributed by atoms with Crippen molar-refractivity contribution >= 4 is 11.7 Å². The topological polar surface area (TPSA) is 50.4 Å². The van der Waals surface area contributed by atoms with Crippen molar-refractivity contribution in [3.63, 3.8) is 0 Å². The van der Waals surface area contributed by atoms with Gasteiger partial charge in [0, 0.05) is 25.4 Å². The average molecular weight is 276 g/mol. The Hall–Kier alpha value is -1.55. The van der Waals surface area contributed by atoms with Crippen LogP contribution < -0.4 is 10.6 Å². The summed E-state index contributed by atoms with van der Waals surface area (Å²) < 4.78 is 5.30. The largest absolute Gasteiger partial charge is 0.381 e. The van der Waals surface area contributed by atoms with Gasteiger partial charge >= 0.3 is 6.03 Å². The number of carbonyl (C=O) groups is 1. The van der Waals surface area contributed by atoms with E-state index in [0.29, 0.717) is 11.8 Å². The van der Waals surface area contributed by atoms with Gasteiger partial charge in [0.05, 0.1) is 0 Å². The lowest BCUT2D eigenvalue weighted by atomic mass is 10.0. The van der Waals surface area contributed by atoms with Crippen molar-refractivity contribution in [1.82, 2.24) is 5.32 Å². The van der Waals surface area contributed by atoms with Gasteiger partial charge in [-0.25, -0.2) is 4.79 Å². The molecule has 0 unspecified atom stereocenters. The Morgan fingerprint density at radius 1 is 1.25 bits per heavy atom. The molecule has 1 fully saturated rings. The predicted octanol–water partition coefficient (Wildman–Crippen LogP) is 3.36. The highest BCUT2D eigenvalue weighted by Gasteiger charge is 2.14. The van der Waals surface area contributed by atoms with E-state index in [1.54, 1.807) is 0 Å². The molecule has 4 nitrogen and oxygen atoms in total. The van der Waals surface area contributed by atoms with Gasteiger partial charge in [-0.3, -0.25) is 0 Å². The van der Waals surface area contributed by atoms with Crippen molar-refractivity contribution in [1.29, 1.82) is 0 Å². The molecule has 1 aromatic rings. The van der Waals surface area contributed by atoms with E-state index in [1.807, 2.05) is 12.1 Å². The number of urea groups is 1. The summed E-state index contributed by atoms with van der Waals surface area (Å²) in [6.07, 6.45) is 2.06. The van der Waals surface area contributed by atoms with Crippen LogP contribution in [0.1, 0.15) is 38.2 Å². The molecule has 0 spiro atoms. The van der Waals surface area contributed by atoms with E-state index in [0.717, 1.165) is 38.3 Å². The smallest absolute Gasteiger partial charge is 0.319 e. The van der Waals surface area contributed by atoms with Gasteiger partial charge in [0.2, 0.25) is 0 Å². The summed E-state index contributed by atoms with van der Waals surface area (Å²) in [6.45, 7) is 6.65. The molecule has 0 atom stereocenters. The summed E-state index contributed by atoms with van der Waals surface area (Å²) in [5, 5.41) is 5.80. The van der Waals surface area contributed by atoms with Crippen molar-refractivity contribution < 1.29 is 9.53 Å². The number of hydrogen-bond acceptors (Lipinski definition) is 2. The third kappa shape index (κ3) is 4.53. The van der Waals surface area contributed by atoms with Gasteiger partial charge in [-0.2, -0.15) is 0 Å². The Kier molecular flexibility index (Phi) is 5.41. The Balaban J connectivity index is 1.75. The highest BCUT2D eigenvalue weighted by Crippen LogP contribution is 2.17. The van der Waals surface area contributed by atoms with Crippen LogP contribution >= 0.6 is 0 Å². The first kappa shape index (κ1) is 14.9. The van der Waals surface area contributed by atoms with Crippen molar-refractivity contribution in [2.24, 2.45) is 5.92 Å². The zero-order valence-corrected chi connectivity index (χ0v) is 12.3. The second-order valence-electron chi connectivity index (χ2n) is 5.67. The second kappa shape index (κ2) is 7.29. The summed E-state index contributed by atoms with van der Waals surface area (Å²) >= 11 is 0. The molecule has 110 valence electrons. The SMILES string of the molecule is CC(C)c1ccc(NC(=O)NCC2CCOCC2)cc1. The van der Waals surface area contributed by atoms with Crippen LogP contribution in [0.2, 0.25) is 0 Å². The molecule has 1 aliphatic heterocycles. The summed E-state index contributed by atoms with van der Waals surface area (Å²) in [4.78, 5) is 11.8. The molecule has 0 bridgehead atoms. The Morgan fingerprint density at radius 3 is 2.50 bits per heavy atom. The molecule has 0 saturated carbocycles. The molecule has 0 aromatic heterocycles. The first-order valence-electron chi connectivity index (χ1n) is 7.37. The van der Waals surface area contributed by atoms with Gasteiger partial charge in [0.15, 0.2) is 0 Å². The van der Waals surface area contributed by atoms with Gasteiger partial charge in [-0.1, -0.05) is 26.0 Å². The van der Waals surface area contributed by atoms with E-state index in [-0.39, 0.29) is 6.03 Å². The highest BCUT2D eigenvalue weighted by atomic mass is 16.5. The Morgan fingerprint density at radius 2 is 1.90 bits per heavy atom. The maximum atomic E-state index is 11.8. The molecule has 4 heteroatoms. The fraction of sp³-hybridized carbons (Fsp3) is 0.562. The third-order valence-electron chi connectivity index (χ3n) is 3.73. The van der Waals surface area contributed by atoms with E-state index < -0.39 is 0 Å². The predicted molar refractivity (Wildman–Crippen MR) is 81.1 cm³/mol. The summed E-state index contributed by atoms with van der Waals surface area (Å²) in [5.74, 6) is 1.05. The molecule has 0 aliphatic carbocycles. The number of anilines is 1. The fourth-order valence-electron chi connectivity index (χ4n) is 2.31. The summed E-state index contributed by atoms with van der Waals surface area (Å²) in [7, 11) is 0. The maximum absolute atomic E-state index is 11.8. The average Bonchev–Trinajstić information content (AvgIpc) is 2.47. The van der Waals surface area contributed by atoms with E-state index >= 15 is 0 Å². The minimum Gasteiger partial charge on any atom is -0.381 e. The van der Waals surface area contributed by atoms with Crippen molar-refractivity contribution in [2.45, 2.75) is 32.6 Å². The van der Waals surface area contributed by atoms with E-state index in [2.05, 4.69) is 36.6 Å². The van der Waals surface area contributed by atoms with Gasteiger partial charge in [-0.15, -0.1) is 0 Å². The second-order valence-corrected chi connectivity index (χ2v) is 5.67. The van der Waals surface area contributed by atoms with E-state index in [4.69, 9.17) is 4.74 Å². The van der Waals surface area contributed by atoms with Gasteiger partial charge in [-0.05, 0) is 42.4 Å². The van der Waals surface area contributed by atoms with Gasteiger partial charge in [0.25, 0.3) is 0 Å². The number of nitrogens with one attached hydrogen (secondary N) is 2. The van der Waals surface area contributed by atoms with Crippen LogP contribution in [-0.2, 0) is 4.74 Å². The maximum Gasteiger partial charge on any atom is 0.319 e. The first-order valence-corrected chi connectivity index (χ1v) is 7.37. The number of carbonyl (C=O) groups excluding carboxylic acids is 1. The van der Waals surface area contributed by atoms with Crippen LogP contribution in [0.4, 0.5) is 10.5 Å². The number of rotatable bonds is 4. The molecule has 1 saturated heterocycles. The quantitative estimate of drug-likeness (QED) is 0.886.